The molecule has 2 saturated carbocycles. The van der Waals surface area contributed by atoms with E-state index in [2.05, 4.69) is 13.8 Å². The first-order chi connectivity index (χ1) is 14.6. The Labute approximate surface area is 185 Å². The summed E-state index contributed by atoms with van der Waals surface area (Å²) in [6, 6.07) is 7.21. The summed E-state index contributed by atoms with van der Waals surface area (Å²) in [5, 5.41) is 10.1. The van der Waals surface area contributed by atoms with Crippen molar-refractivity contribution in [3.8, 4) is 0 Å². The van der Waals surface area contributed by atoms with Gasteiger partial charge in [-0.05, 0) is 82.8 Å². The van der Waals surface area contributed by atoms with Gasteiger partial charge in [0.25, 0.3) is 0 Å². The molecular weight excluding hydrogens is 414 g/mol. The zero-order chi connectivity index (χ0) is 21.8. The fourth-order valence-electron chi connectivity index (χ4n) is 7.40. The van der Waals surface area contributed by atoms with Gasteiger partial charge >= 0.3 is 0 Å². The van der Waals surface area contributed by atoms with Gasteiger partial charge in [-0.2, -0.15) is 4.31 Å². The van der Waals surface area contributed by atoms with Crippen molar-refractivity contribution in [1.29, 1.82) is 0 Å². The maximum Gasteiger partial charge on any atom is 0.243 e. The average molecular weight is 448 g/mol. The molecule has 1 N–H and O–H groups in total. The number of ether oxygens (including phenoxy) is 2. The van der Waals surface area contributed by atoms with Gasteiger partial charge in [0.15, 0.2) is 6.29 Å². The summed E-state index contributed by atoms with van der Waals surface area (Å²) in [7, 11) is -3.50. The van der Waals surface area contributed by atoms with Crippen LogP contribution in [-0.4, -0.2) is 53.5 Å². The molecule has 2 aliphatic carbocycles. The maximum absolute atomic E-state index is 13.5. The highest BCUT2D eigenvalue weighted by Gasteiger charge is 2.74. The molecule has 170 valence electrons. The number of rotatable bonds is 3. The molecule has 3 saturated heterocycles. The molecule has 6 rings (SSSR count). The Bertz CT molecular complexity index is 1010. The second kappa shape index (κ2) is 6.32. The van der Waals surface area contributed by atoms with E-state index in [0.717, 1.165) is 37.7 Å². The third-order valence-electron chi connectivity index (χ3n) is 9.25. The zero-order valence-electron chi connectivity index (χ0n) is 18.6. The molecule has 3 aliphatic heterocycles. The molecule has 3 heterocycles. The van der Waals surface area contributed by atoms with Crippen LogP contribution in [0.1, 0.15) is 57.9 Å². The Morgan fingerprint density at radius 2 is 1.65 bits per heavy atom. The smallest absolute Gasteiger partial charge is 0.243 e. The molecule has 7 heteroatoms. The first kappa shape index (κ1) is 20.6. The monoisotopic (exact) mass is 447 g/mol. The number of nitrogens with zero attached hydrogens (tertiary/aromatic N) is 1. The Kier molecular flexibility index (Phi) is 4.20. The third-order valence-corrected chi connectivity index (χ3v) is 11.2. The largest absolute Gasteiger partial charge is 0.368 e. The van der Waals surface area contributed by atoms with Crippen molar-refractivity contribution in [2.45, 2.75) is 93.3 Å². The number of hydrogen-bond donors (Lipinski definition) is 1. The van der Waals surface area contributed by atoms with Gasteiger partial charge in [0, 0.05) is 13.0 Å². The van der Waals surface area contributed by atoms with Crippen molar-refractivity contribution in [3.05, 3.63) is 29.8 Å². The van der Waals surface area contributed by atoms with E-state index in [1.807, 2.05) is 19.1 Å². The Balaban J connectivity index is 1.33. The van der Waals surface area contributed by atoms with Gasteiger partial charge in [-0.15, -0.1) is 0 Å². The number of aliphatic hydroxyl groups excluding tert-OH is 1. The number of aryl methyl sites for hydroxylation is 1. The molecule has 2 unspecified atom stereocenters. The second-order valence-corrected chi connectivity index (χ2v) is 12.9. The van der Waals surface area contributed by atoms with Gasteiger partial charge in [0.2, 0.25) is 10.0 Å². The van der Waals surface area contributed by atoms with E-state index in [1.54, 1.807) is 16.4 Å². The first-order valence-corrected chi connectivity index (χ1v) is 13.2. The maximum atomic E-state index is 13.5. The van der Waals surface area contributed by atoms with Gasteiger partial charge in [-0.1, -0.05) is 17.7 Å². The van der Waals surface area contributed by atoms with Crippen molar-refractivity contribution < 1.29 is 23.0 Å². The first-order valence-electron chi connectivity index (χ1n) is 11.7. The van der Waals surface area contributed by atoms with E-state index in [1.165, 1.54) is 0 Å². The molecule has 0 amide bonds. The number of fused-ring (bicyclic) bond motifs is 4. The molecule has 9 atom stereocenters. The summed E-state index contributed by atoms with van der Waals surface area (Å²) in [5.41, 5.74) is 0.348. The predicted octanol–water partition coefficient (Wildman–Crippen LogP) is 3.22. The lowest BCUT2D eigenvalue weighted by atomic mass is 9.55. The van der Waals surface area contributed by atoms with Crippen molar-refractivity contribution in [3.63, 3.8) is 0 Å². The molecule has 0 bridgehead atoms. The second-order valence-electron chi connectivity index (χ2n) is 11.1. The predicted molar refractivity (Wildman–Crippen MR) is 115 cm³/mol. The van der Waals surface area contributed by atoms with Crippen LogP contribution in [0.2, 0.25) is 0 Å². The molecular formula is C24H33NO5S. The van der Waals surface area contributed by atoms with Crippen molar-refractivity contribution in [1.82, 2.24) is 4.31 Å². The summed E-state index contributed by atoms with van der Waals surface area (Å²) in [6.45, 7) is 6.93. The van der Waals surface area contributed by atoms with E-state index in [4.69, 9.17) is 9.47 Å². The summed E-state index contributed by atoms with van der Waals surface area (Å²) in [5.74, 6) is 0.850. The minimum absolute atomic E-state index is 0.0684. The van der Waals surface area contributed by atoms with Crippen LogP contribution in [-0.2, 0) is 19.5 Å². The molecule has 1 spiro atoms. The molecule has 0 aromatic heterocycles. The molecule has 6 nitrogen and oxygen atoms in total. The minimum atomic E-state index is -3.50. The van der Waals surface area contributed by atoms with Crippen molar-refractivity contribution in [2.24, 2.45) is 17.8 Å². The van der Waals surface area contributed by atoms with Gasteiger partial charge < -0.3 is 14.6 Å². The lowest BCUT2D eigenvalue weighted by Crippen LogP contribution is -2.55. The molecule has 31 heavy (non-hydrogen) atoms. The Morgan fingerprint density at radius 3 is 2.32 bits per heavy atom. The van der Waals surface area contributed by atoms with E-state index >= 15 is 0 Å². The van der Waals surface area contributed by atoms with E-state index in [0.29, 0.717) is 17.9 Å². The molecule has 5 aliphatic rings. The molecule has 1 aromatic carbocycles. The van der Waals surface area contributed by atoms with Crippen LogP contribution in [0.25, 0.3) is 0 Å². The highest BCUT2D eigenvalue weighted by molar-refractivity contribution is 7.89. The van der Waals surface area contributed by atoms with Crippen LogP contribution < -0.4 is 0 Å². The van der Waals surface area contributed by atoms with Crippen LogP contribution in [0.4, 0.5) is 0 Å². The molecule has 1 aromatic rings. The fraction of sp³-hybridized carbons (Fsp3) is 0.750. The van der Waals surface area contributed by atoms with E-state index in [9.17, 15) is 13.5 Å². The lowest BCUT2D eigenvalue weighted by molar-refractivity contribution is -0.173. The quantitative estimate of drug-likeness (QED) is 0.720. The van der Waals surface area contributed by atoms with Crippen LogP contribution >= 0.6 is 0 Å². The van der Waals surface area contributed by atoms with E-state index < -0.39 is 16.3 Å². The highest BCUT2D eigenvalue weighted by Crippen LogP contribution is 2.67. The molecule has 5 fully saturated rings. The lowest BCUT2D eigenvalue weighted by Gasteiger charge is -2.50. The number of sulfonamides is 1. The van der Waals surface area contributed by atoms with Crippen LogP contribution in [0.15, 0.2) is 29.2 Å². The van der Waals surface area contributed by atoms with Crippen molar-refractivity contribution in [2.75, 3.05) is 6.54 Å². The van der Waals surface area contributed by atoms with Gasteiger partial charge in [-0.25, -0.2) is 8.42 Å². The van der Waals surface area contributed by atoms with Gasteiger partial charge in [0.1, 0.15) is 0 Å². The van der Waals surface area contributed by atoms with Crippen LogP contribution in [0.3, 0.4) is 0 Å². The zero-order valence-corrected chi connectivity index (χ0v) is 19.4. The van der Waals surface area contributed by atoms with Crippen molar-refractivity contribution >= 4 is 10.0 Å². The number of hydrogen-bond acceptors (Lipinski definition) is 5. The topological polar surface area (TPSA) is 79.1 Å². The minimum Gasteiger partial charge on any atom is -0.368 e. The fourth-order valence-corrected chi connectivity index (χ4v) is 9.23. The number of aliphatic hydroxyl groups is 1. The Morgan fingerprint density at radius 1 is 0.968 bits per heavy atom. The number of epoxide rings is 1. The average Bonchev–Trinajstić information content (AvgIpc) is 3.58. The number of benzene rings is 1. The highest BCUT2D eigenvalue weighted by atomic mass is 32.2. The summed E-state index contributed by atoms with van der Waals surface area (Å²) in [6.07, 6.45) is 4.78. The third kappa shape index (κ3) is 2.86. The molecule has 0 radical (unpaired) electrons. The summed E-state index contributed by atoms with van der Waals surface area (Å²) in [4.78, 5) is 0.395. The van der Waals surface area contributed by atoms with Crippen LogP contribution in [0, 0.1) is 24.7 Å². The summed E-state index contributed by atoms with van der Waals surface area (Å²) >= 11 is 0. The normalized spacial score (nSPS) is 50.7. The van der Waals surface area contributed by atoms with E-state index in [-0.39, 0.29) is 40.6 Å². The standard InChI is InChI=1S/C24H33NO5S/c1-15-4-6-16(7-5-15)31(27,28)25-14-24(25)13-9-17(22(2)12-10-19(26)29-22)20-18(24)8-11-23(3)21(20)30-23/h4-7,17-21,26H,8-14H2,1-3H3/t17-,18-,19?,20+,21-,22+,23+,24+,25?/m0/s1. The summed E-state index contributed by atoms with van der Waals surface area (Å²) < 4.78 is 41.1. The Hall–Kier alpha value is -0.990. The SMILES string of the molecule is Cc1ccc(S(=O)(=O)N2C[C@@]23CC[C@H]([C@@]2(C)CCC(O)O2)[C@@H]2[C@@H]3CC[C@@]3(C)O[C@@H]23)cc1. The van der Waals surface area contributed by atoms with Gasteiger partial charge in [0.05, 0.1) is 27.7 Å². The van der Waals surface area contributed by atoms with Gasteiger partial charge in [-0.3, -0.25) is 0 Å². The van der Waals surface area contributed by atoms with Crippen LogP contribution in [0.5, 0.6) is 0 Å².